The minimum absolute atomic E-state index is 0.0609. The highest BCUT2D eigenvalue weighted by molar-refractivity contribution is 5.81. The molecule has 0 radical (unpaired) electrons. The topological polar surface area (TPSA) is 83.4 Å². The molecule has 0 unspecified atom stereocenters. The molecular weight excluding hydrogens is 366 g/mol. The lowest BCUT2D eigenvalue weighted by molar-refractivity contribution is -0.131. The number of pyridine rings is 1. The Hall–Kier alpha value is -3.74. The zero-order chi connectivity index (χ0) is 20.0. The summed E-state index contributed by atoms with van der Waals surface area (Å²) in [5.74, 6) is -0.0609. The Morgan fingerprint density at radius 1 is 1.10 bits per heavy atom. The van der Waals surface area contributed by atoms with Crippen molar-refractivity contribution >= 4 is 11.6 Å². The minimum atomic E-state index is -0.150. The molecule has 29 heavy (non-hydrogen) atoms. The second kappa shape index (κ2) is 6.70. The van der Waals surface area contributed by atoms with E-state index in [9.17, 15) is 9.59 Å². The average molecular weight is 385 g/mol. The van der Waals surface area contributed by atoms with Crippen molar-refractivity contribution in [1.82, 2.24) is 24.5 Å². The lowest BCUT2D eigenvalue weighted by Crippen LogP contribution is -2.28. The summed E-state index contributed by atoms with van der Waals surface area (Å²) in [7, 11) is 0. The first kappa shape index (κ1) is 17.4. The summed E-state index contributed by atoms with van der Waals surface area (Å²) >= 11 is 0. The van der Waals surface area contributed by atoms with E-state index in [1.54, 1.807) is 11.1 Å². The van der Waals surface area contributed by atoms with Gasteiger partial charge in [-0.05, 0) is 24.6 Å². The Bertz CT molecular complexity index is 1280. The van der Waals surface area contributed by atoms with Crippen LogP contribution in [0.25, 0.3) is 16.8 Å². The summed E-state index contributed by atoms with van der Waals surface area (Å²) in [6, 6.07) is 15.4. The molecule has 1 aliphatic heterocycles. The van der Waals surface area contributed by atoms with Crippen LogP contribution in [0.5, 0.6) is 0 Å². The van der Waals surface area contributed by atoms with Gasteiger partial charge in [0.2, 0.25) is 5.91 Å². The first-order valence-electron chi connectivity index (χ1n) is 9.48. The molecule has 7 heteroatoms. The summed E-state index contributed by atoms with van der Waals surface area (Å²) in [4.78, 5) is 36.5. The van der Waals surface area contributed by atoms with Crippen molar-refractivity contribution in [1.29, 1.82) is 0 Å². The van der Waals surface area contributed by atoms with Gasteiger partial charge in [0.15, 0.2) is 5.65 Å². The van der Waals surface area contributed by atoms with Gasteiger partial charge < -0.3 is 4.90 Å². The molecule has 0 saturated heterocycles. The first-order chi connectivity index (χ1) is 14.1. The molecule has 4 heterocycles. The van der Waals surface area contributed by atoms with Crippen LogP contribution in [0, 0.1) is 6.92 Å². The Morgan fingerprint density at radius 2 is 1.90 bits per heavy atom. The number of rotatable bonds is 3. The van der Waals surface area contributed by atoms with Gasteiger partial charge in [0, 0.05) is 23.1 Å². The Kier molecular flexibility index (Phi) is 4.01. The Balaban J connectivity index is 1.52. The van der Waals surface area contributed by atoms with E-state index in [-0.39, 0.29) is 24.4 Å². The number of aromatic nitrogens is 4. The SMILES string of the molecule is Cc1[nH]n2c(=O)c3c(nc2c1-c1ccccc1)CN(C(=O)Cc1ccccn1)C3. The van der Waals surface area contributed by atoms with Crippen LogP contribution >= 0.6 is 0 Å². The minimum Gasteiger partial charge on any atom is -0.332 e. The predicted octanol–water partition coefficient (Wildman–Crippen LogP) is 2.48. The molecule has 144 valence electrons. The van der Waals surface area contributed by atoms with E-state index < -0.39 is 0 Å². The first-order valence-corrected chi connectivity index (χ1v) is 9.48. The molecule has 1 amide bonds. The van der Waals surface area contributed by atoms with E-state index in [1.807, 2.05) is 55.5 Å². The number of hydrogen-bond acceptors (Lipinski definition) is 4. The van der Waals surface area contributed by atoms with Gasteiger partial charge in [0.25, 0.3) is 5.56 Å². The van der Waals surface area contributed by atoms with Crippen molar-refractivity contribution in [2.24, 2.45) is 0 Å². The van der Waals surface area contributed by atoms with Crippen molar-refractivity contribution in [3.8, 4) is 11.1 Å². The fourth-order valence-corrected chi connectivity index (χ4v) is 3.88. The van der Waals surface area contributed by atoms with E-state index in [2.05, 4.69) is 10.1 Å². The Labute approximate surface area is 166 Å². The molecule has 0 aliphatic carbocycles. The fraction of sp³-hybridized carbons (Fsp3) is 0.182. The Morgan fingerprint density at radius 3 is 2.66 bits per heavy atom. The van der Waals surface area contributed by atoms with Crippen LogP contribution in [0.4, 0.5) is 0 Å². The van der Waals surface area contributed by atoms with Crippen molar-refractivity contribution in [2.45, 2.75) is 26.4 Å². The second-order valence-electron chi connectivity index (χ2n) is 7.23. The fourth-order valence-electron chi connectivity index (χ4n) is 3.88. The molecule has 3 aromatic heterocycles. The highest BCUT2D eigenvalue weighted by Crippen LogP contribution is 2.28. The van der Waals surface area contributed by atoms with Gasteiger partial charge in [0.1, 0.15) is 0 Å². The van der Waals surface area contributed by atoms with Crippen LogP contribution in [0.2, 0.25) is 0 Å². The summed E-state index contributed by atoms with van der Waals surface area (Å²) in [6.07, 6.45) is 1.88. The molecule has 1 aromatic carbocycles. The standard InChI is InChI=1S/C22H19N5O2/c1-14-20(15-7-3-2-4-8-15)21-24-18-13-26(12-17(18)22(29)27(21)25-14)19(28)11-16-9-5-6-10-23-16/h2-10,25H,11-13H2,1H3. The number of aromatic amines is 1. The largest absolute Gasteiger partial charge is 0.332 e. The van der Waals surface area contributed by atoms with Crippen LogP contribution in [-0.4, -0.2) is 30.4 Å². The third-order valence-corrected chi connectivity index (χ3v) is 5.30. The van der Waals surface area contributed by atoms with Crippen LogP contribution in [0.1, 0.15) is 22.6 Å². The number of nitrogens with one attached hydrogen (secondary N) is 1. The van der Waals surface area contributed by atoms with Gasteiger partial charge in [-0.15, -0.1) is 0 Å². The highest BCUT2D eigenvalue weighted by atomic mass is 16.2. The zero-order valence-corrected chi connectivity index (χ0v) is 15.9. The number of benzene rings is 1. The van der Waals surface area contributed by atoms with Gasteiger partial charge in [-0.3, -0.25) is 19.7 Å². The van der Waals surface area contributed by atoms with E-state index in [4.69, 9.17) is 4.98 Å². The van der Waals surface area contributed by atoms with E-state index in [1.165, 1.54) is 4.52 Å². The van der Waals surface area contributed by atoms with Crippen LogP contribution in [0.3, 0.4) is 0 Å². The monoisotopic (exact) mass is 385 g/mol. The molecule has 1 N–H and O–H groups in total. The average Bonchev–Trinajstić information content (AvgIpc) is 3.31. The summed E-state index contributed by atoms with van der Waals surface area (Å²) < 4.78 is 1.49. The molecule has 7 nitrogen and oxygen atoms in total. The maximum absolute atomic E-state index is 13.1. The van der Waals surface area contributed by atoms with Crippen LogP contribution < -0.4 is 5.56 Å². The summed E-state index contributed by atoms with van der Waals surface area (Å²) in [5, 5.41) is 3.14. The van der Waals surface area contributed by atoms with Gasteiger partial charge in [0.05, 0.1) is 30.8 Å². The number of amides is 1. The van der Waals surface area contributed by atoms with Crippen molar-refractivity contribution < 1.29 is 4.79 Å². The van der Waals surface area contributed by atoms with Gasteiger partial charge in [-0.2, -0.15) is 0 Å². The molecule has 4 aromatic rings. The molecule has 0 saturated carbocycles. The smallest absolute Gasteiger partial charge is 0.278 e. The second-order valence-corrected chi connectivity index (χ2v) is 7.23. The lowest BCUT2D eigenvalue weighted by atomic mass is 10.1. The van der Waals surface area contributed by atoms with Crippen molar-refractivity contribution in [2.75, 3.05) is 0 Å². The number of nitrogens with zero attached hydrogens (tertiary/aromatic N) is 4. The third kappa shape index (κ3) is 2.91. The molecule has 1 aliphatic rings. The zero-order valence-electron chi connectivity index (χ0n) is 15.9. The lowest BCUT2D eigenvalue weighted by Gasteiger charge is -2.14. The van der Waals surface area contributed by atoms with Gasteiger partial charge in [-0.25, -0.2) is 9.50 Å². The van der Waals surface area contributed by atoms with E-state index in [0.29, 0.717) is 29.1 Å². The normalized spacial score (nSPS) is 13.1. The van der Waals surface area contributed by atoms with E-state index >= 15 is 0 Å². The van der Waals surface area contributed by atoms with Crippen molar-refractivity contribution in [3.63, 3.8) is 0 Å². The maximum atomic E-state index is 13.1. The van der Waals surface area contributed by atoms with Gasteiger partial charge >= 0.3 is 0 Å². The molecule has 0 spiro atoms. The number of fused-ring (bicyclic) bond motifs is 2. The predicted molar refractivity (Wildman–Crippen MR) is 108 cm³/mol. The highest BCUT2D eigenvalue weighted by Gasteiger charge is 2.29. The third-order valence-electron chi connectivity index (χ3n) is 5.30. The maximum Gasteiger partial charge on any atom is 0.278 e. The molecule has 0 fully saturated rings. The summed E-state index contributed by atoms with van der Waals surface area (Å²) in [6.45, 7) is 2.55. The number of aryl methyl sites for hydroxylation is 1. The van der Waals surface area contributed by atoms with Gasteiger partial charge in [-0.1, -0.05) is 36.4 Å². The molecule has 0 bridgehead atoms. The van der Waals surface area contributed by atoms with Crippen LogP contribution in [-0.2, 0) is 24.3 Å². The number of H-pyrrole nitrogens is 1. The number of hydrogen-bond donors (Lipinski definition) is 1. The summed E-state index contributed by atoms with van der Waals surface area (Å²) in [5.41, 5.74) is 5.18. The number of carbonyl (C=O) groups excluding carboxylic acids is 1. The molecular formula is C22H19N5O2. The van der Waals surface area contributed by atoms with Crippen LogP contribution in [0.15, 0.2) is 59.5 Å². The molecule has 5 rings (SSSR count). The quantitative estimate of drug-likeness (QED) is 0.587. The van der Waals surface area contributed by atoms with E-state index in [0.717, 1.165) is 16.8 Å². The molecule has 0 atom stereocenters. The number of carbonyl (C=O) groups is 1. The van der Waals surface area contributed by atoms with Crippen molar-refractivity contribution in [3.05, 3.63) is 87.7 Å².